The van der Waals surface area contributed by atoms with E-state index in [0.717, 1.165) is 5.69 Å². The summed E-state index contributed by atoms with van der Waals surface area (Å²) >= 11 is 0. The molecule has 0 aliphatic rings. The van der Waals surface area contributed by atoms with E-state index in [0.29, 0.717) is 0 Å². The molecule has 1 nitrogen and oxygen atoms in total. The second kappa shape index (κ2) is 3.96. The average molecular weight is 161 g/mol. The van der Waals surface area contributed by atoms with Crippen LogP contribution in [0.4, 0.5) is 5.69 Å². The first-order valence-electron chi connectivity index (χ1n) is 4.15. The third kappa shape index (κ3) is 2.79. The largest absolute Gasteiger partial charge is 0.362 e. The van der Waals surface area contributed by atoms with Gasteiger partial charge in [0.05, 0.1) is 0 Å². The first kappa shape index (κ1) is 8.85. The molecule has 1 heteroatoms. The Bertz CT molecular complexity index is 283. The lowest BCUT2D eigenvalue weighted by Gasteiger charge is -2.01. The van der Waals surface area contributed by atoms with E-state index in [-0.39, 0.29) is 0 Å². The van der Waals surface area contributed by atoms with E-state index in [1.165, 1.54) is 11.1 Å². The summed E-state index contributed by atoms with van der Waals surface area (Å²) in [5.41, 5.74) is 3.70. The second-order valence-corrected chi connectivity index (χ2v) is 3.24. The van der Waals surface area contributed by atoms with Gasteiger partial charge >= 0.3 is 0 Å². The lowest BCUT2D eigenvalue weighted by atomic mass is 10.2. The fourth-order valence-corrected chi connectivity index (χ4v) is 0.963. The molecule has 1 aromatic rings. The van der Waals surface area contributed by atoms with Crippen LogP contribution in [0.25, 0.3) is 0 Å². The van der Waals surface area contributed by atoms with E-state index in [1.54, 1.807) is 0 Å². The minimum Gasteiger partial charge on any atom is -0.362 e. The van der Waals surface area contributed by atoms with E-state index in [4.69, 9.17) is 0 Å². The summed E-state index contributed by atoms with van der Waals surface area (Å²) in [6.45, 7) is 6.24. The highest BCUT2D eigenvalue weighted by Gasteiger charge is 1.87. The number of nitrogens with one attached hydrogen (secondary N) is 1. The molecule has 0 heterocycles. The van der Waals surface area contributed by atoms with Crippen molar-refractivity contribution in [1.82, 2.24) is 0 Å². The number of allylic oxidation sites excluding steroid dienone is 1. The molecule has 0 radical (unpaired) electrons. The Morgan fingerprint density at radius 1 is 1.33 bits per heavy atom. The molecule has 1 aromatic carbocycles. The van der Waals surface area contributed by atoms with Crippen molar-refractivity contribution in [3.63, 3.8) is 0 Å². The van der Waals surface area contributed by atoms with E-state index in [9.17, 15) is 0 Å². The van der Waals surface area contributed by atoms with Crippen LogP contribution < -0.4 is 5.32 Å². The van der Waals surface area contributed by atoms with Gasteiger partial charge in [-0.15, -0.1) is 0 Å². The summed E-state index contributed by atoms with van der Waals surface area (Å²) in [6, 6.07) is 8.33. The topological polar surface area (TPSA) is 12.0 Å². The van der Waals surface area contributed by atoms with Gasteiger partial charge in [0, 0.05) is 5.69 Å². The zero-order chi connectivity index (χ0) is 8.97. The summed E-state index contributed by atoms with van der Waals surface area (Å²) in [4.78, 5) is 0. The first-order chi connectivity index (χ1) is 5.68. The number of hydrogen-bond donors (Lipinski definition) is 1. The van der Waals surface area contributed by atoms with Crippen LogP contribution in [0.5, 0.6) is 0 Å². The van der Waals surface area contributed by atoms with E-state index in [2.05, 4.69) is 50.4 Å². The maximum absolute atomic E-state index is 3.22. The van der Waals surface area contributed by atoms with Crippen molar-refractivity contribution < 1.29 is 0 Å². The van der Waals surface area contributed by atoms with Crippen LogP contribution in [-0.2, 0) is 0 Å². The van der Waals surface area contributed by atoms with Gasteiger partial charge in [0.2, 0.25) is 0 Å². The molecule has 0 aliphatic heterocycles. The van der Waals surface area contributed by atoms with Crippen molar-refractivity contribution in [3.8, 4) is 0 Å². The molecule has 0 spiro atoms. The van der Waals surface area contributed by atoms with Crippen molar-refractivity contribution in [1.29, 1.82) is 0 Å². The number of aryl methyl sites for hydroxylation is 1. The van der Waals surface area contributed by atoms with Crippen LogP contribution in [0, 0.1) is 6.92 Å². The van der Waals surface area contributed by atoms with Crippen molar-refractivity contribution in [2.45, 2.75) is 20.8 Å². The van der Waals surface area contributed by atoms with Gasteiger partial charge in [0.25, 0.3) is 0 Å². The second-order valence-electron chi connectivity index (χ2n) is 3.24. The monoisotopic (exact) mass is 161 g/mol. The van der Waals surface area contributed by atoms with Crippen molar-refractivity contribution in [2.75, 3.05) is 5.32 Å². The zero-order valence-corrected chi connectivity index (χ0v) is 7.89. The molecule has 0 aromatic heterocycles. The van der Waals surface area contributed by atoms with Crippen molar-refractivity contribution in [3.05, 3.63) is 41.6 Å². The summed E-state index contributed by atoms with van der Waals surface area (Å²) in [5, 5.41) is 3.22. The molecule has 0 fully saturated rings. The minimum absolute atomic E-state index is 1.15. The molecule has 1 N–H and O–H groups in total. The van der Waals surface area contributed by atoms with E-state index >= 15 is 0 Å². The van der Waals surface area contributed by atoms with Crippen molar-refractivity contribution in [2.24, 2.45) is 0 Å². The van der Waals surface area contributed by atoms with Crippen LogP contribution in [0.3, 0.4) is 0 Å². The molecule has 0 atom stereocenters. The SMILES string of the molecule is CC(C)=CNc1cccc(C)c1. The normalized spacial score (nSPS) is 9.25. The van der Waals surface area contributed by atoms with Crippen LogP contribution in [0.1, 0.15) is 19.4 Å². The Labute approximate surface area is 74.1 Å². The summed E-state index contributed by atoms with van der Waals surface area (Å²) < 4.78 is 0. The number of anilines is 1. The zero-order valence-electron chi connectivity index (χ0n) is 7.89. The van der Waals surface area contributed by atoms with Crippen molar-refractivity contribution >= 4 is 5.69 Å². The van der Waals surface area contributed by atoms with Gasteiger partial charge in [-0.3, -0.25) is 0 Å². The smallest absolute Gasteiger partial charge is 0.0382 e. The van der Waals surface area contributed by atoms with Crippen LogP contribution in [0.15, 0.2) is 36.0 Å². The van der Waals surface area contributed by atoms with Gasteiger partial charge < -0.3 is 5.32 Å². The van der Waals surface area contributed by atoms with Crippen LogP contribution in [-0.4, -0.2) is 0 Å². The Balaban J connectivity index is 2.70. The molecular weight excluding hydrogens is 146 g/mol. The standard InChI is InChI=1S/C11H15N/c1-9(2)8-12-11-6-4-5-10(3)7-11/h4-8,12H,1-3H3. The fourth-order valence-electron chi connectivity index (χ4n) is 0.963. The average Bonchev–Trinajstić information content (AvgIpc) is 2.01. The van der Waals surface area contributed by atoms with Gasteiger partial charge in [-0.2, -0.15) is 0 Å². The Kier molecular flexibility index (Phi) is 2.92. The molecule has 0 amide bonds. The highest BCUT2D eigenvalue weighted by Crippen LogP contribution is 2.09. The molecule has 0 bridgehead atoms. The fraction of sp³-hybridized carbons (Fsp3) is 0.273. The molecule has 0 unspecified atom stereocenters. The molecular formula is C11H15N. The highest BCUT2D eigenvalue weighted by molar-refractivity contribution is 5.47. The predicted octanol–water partition coefficient (Wildman–Crippen LogP) is 3.33. The number of hydrogen-bond acceptors (Lipinski definition) is 1. The van der Waals surface area contributed by atoms with Gasteiger partial charge in [-0.25, -0.2) is 0 Å². The minimum atomic E-state index is 1.15. The number of benzene rings is 1. The van der Waals surface area contributed by atoms with Crippen LogP contribution in [0.2, 0.25) is 0 Å². The maximum Gasteiger partial charge on any atom is 0.0382 e. The van der Waals surface area contributed by atoms with Crippen LogP contribution >= 0.6 is 0 Å². The molecule has 0 saturated carbocycles. The Morgan fingerprint density at radius 3 is 2.67 bits per heavy atom. The van der Waals surface area contributed by atoms with E-state index in [1.807, 2.05) is 6.20 Å². The Hall–Kier alpha value is -1.24. The molecule has 0 aliphatic carbocycles. The molecule has 64 valence electrons. The number of rotatable bonds is 2. The van der Waals surface area contributed by atoms with Gasteiger partial charge in [0.15, 0.2) is 0 Å². The van der Waals surface area contributed by atoms with Gasteiger partial charge in [0.1, 0.15) is 0 Å². The van der Waals surface area contributed by atoms with E-state index < -0.39 is 0 Å². The first-order valence-corrected chi connectivity index (χ1v) is 4.15. The van der Waals surface area contributed by atoms with Gasteiger partial charge in [-0.1, -0.05) is 17.7 Å². The molecule has 0 saturated heterocycles. The Morgan fingerprint density at radius 2 is 2.08 bits per heavy atom. The summed E-state index contributed by atoms with van der Waals surface area (Å²) in [7, 11) is 0. The quantitative estimate of drug-likeness (QED) is 0.701. The third-order valence-corrected chi connectivity index (χ3v) is 1.55. The van der Waals surface area contributed by atoms with Gasteiger partial charge in [-0.05, 0) is 44.7 Å². The lowest BCUT2D eigenvalue weighted by Crippen LogP contribution is -1.88. The molecule has 12 heavy (non-hydrogen) atoms. The third-order valence-electron chi connectivity index (χ3n) is 1.55. The lowest BCUT2D eigenvalue weighted by molar-refractivity contribution is 1.35. The summed E-state index contributed by atoms with van der Waals surface area (Å²) in [5.74, 6) is 0. The molecule has 1 rings (SSSR count). The highest BCUT2D eigenvalue weighted by atomic mass is 14.8. The maximum atomic E-state index is 3.22. The summed E-state index contributed by atoms with van der Waals surface area (Å²) in [6.07, 6.45) is 2.01. The predicted molar refractivity (Wildman–Crippen MR) is 54.2 cm³/mol.